The highest BCUT2D eigenvalue weighted by atomic mass is 35.5. The van der Waals surface area contributed by atoms with Gasteiger partial charge >= 0.3 is 12.2 Å². The maximum atomic E-state index is 15.4. The van der Waals surface area contributed by atoms with Crippen molar-refractivity contribution in [2.24, 2.45) is 0 Å². The number of anilines is 1. The lowest BCUT2D eigenvalue weighted by molar-refractivity contribution is -0.137. The van der Waals surface area contributed by atoms with E-state index in [0.717, 1.165) is 17.7 Å². The summed E-state index contributed by atoms with van der Waals surface area (Å²) in [5.41, 5.74) is -0.477. The van der Waals surface area contributed by atoms with Crippen molar-refractivity contribution in [3.63, 3.8) is 0 Å². The fourth-order valence-electron chi connectivity index (χ4n) is 5.45. The zero-order valence-corrected chi connectivity index (χ0v) is 26.1. The van der Waals surface area contributed by atoms with Gasteiger partial charge in [0.25, 0.3) is 0 Å². The number of alkyl halides is 3. The number of hydrogen-bond donors (Lipinski definition) is 1. The highest BCUT2D eigenvalue weighted by Gasteiger charge is 2.49. The summed E-state index contributed by atoms with van der Waals surface area (Å²) in [5.74, 6) is -1.68. The zero-order valence-electron chi connectivity index (χ0n) is 25.3. The molecule has 5 rings (SSSR count). The quantitative estimate of drug-likeness (QED) is 0.225. The van der Waals surface area contributed by atoms with E-state index in [-0.39, 0.29) is 24.3 Å². The lowest BCUT2D eigenvalue weighted by Crippen LogP contribution is -2.47. The van der Waals surface area contributed by atoms with Crippen LogP contribution >= 0.6 is 11.6 Å². The molecule has 44 heavy (non-hydrogen) atoms. The highest BCUT2D eigenvalue weighted by Crippen LogP contribution is 2.50. The SMILES string of the molecule is CC.CC.O=C(NCc1ccnc(F)c1)N1CC2(CCN(C/C=C/c3ccc(Cl)cc3)CC2)c2c(F)cc(C(F)(F)F)cc21. The van der Waals surface area contributed by atoms with Gasteiger partial charge in [-0.25, -0.2) is 14.2 Å². The van der Waals surface area contributed by atoms with E-state index >= 15 is 4.39 Å². The molecule has 1 saturated heterocycles. The van der Waals surface area contributed by atoms with Gasteiger partial charge in [-0.3, -0.25) is 9.80 Å². The van der Waals surface area contributed by atoms with Gasteiger partial charge in [-0.05, 0) is 73.5 Å². The third-order valence-electron chi connectivity index (χ3n) is 7.52. The largest absolute Gasteiger partial charge is 0.416 e. The number of pyridine rings is 1. The minimum Gasteiger partial charge on any atom is -0.334 e. The summed E-state index contributed by atoms with van der Waals surface area (Å²) >= 11 is 5.93. The number of amides is 2. The molecule has 1 fully saturated rings. The highest BCUT2D eigenvalue weighted by molar-refractivity contribution is 6.30. The lowest BCUT2D eigenvalue weighted by Gasteiger charge is -2.39. The van der Waals surface area contributed by atoms with E-state index in [9.17, 15) is 22.4 Å². The zero-order chi connectivity index (χ0) is 32.5. The normalized spacial score (nSPS) is 15.7. The van der Waals surface area contributed by atoms with Gasteiger partial charge in [0, 0.05) is 41.8 Å². The van der Waals surface area contributed by atoms with Crippen molar-refractivity contribution in [2.45, 2.75) is 58.7 Å². The molecule has 3 heterocycles. The minimum atomic E-state index is -4.78. The summed E-state index contributed by atoms with van der Waals surface area (Å²) in [6, 6.07) is 10.8. The smallest absolute Gasteiger partial charge is 0.334 e. The first kappa shape index (κ1) is 35.0. The summed E-state index contributed by atoms with van der Waals surface area (Å²) in [7, 11) is 0. The van der Waals surface area contributed by atoms with Crippen LogP contribution in [0.4, 0.5) is 32.4 Å². The molecule has 0 unspecified atom stereocenters. The Morgan fingerprint density at radius 2 is 1.68 bits per heavy atom. The second-order valence-electron chi connectivity index (χ2n) is 10.1. The molecule has 1 spiro atoms. The molecule has 11 heteroatoms. The number of urea groups is 1. The van der Waals surface area contributed by atoms with Crippen LogP contribution in [0.25, 0.3) is 6.08 Å². The fraction of sp³-hybridized carbons (Fsp3) is 0.394. The summed E-state index contributed by atoms with van der Waals surface area (Å²) in [6.07, 6.45) is 1.40. The van der Waals surface area contributed by atoms with E-state index in [1.165, 1.54) is 17.2 Å². The first-order chi connectivity index (χ1) is 21.0. The molecular formula is C33H38ClF5N4O. The minimum absolute atomic E-state index is 0.0472. The van der Waals surface area contributed by atoms with E-state index in [4.69, 9.17) is 11.6 Å². The topological polar surface area (TPSA) is 48.5 Å². The number of piperidine rings is 1. The van der Waals surface area contributed by atoms with Crippen LogP contribution in [0.5, 0.6) is 0 Å². The molecule has 1 aromatic heterocycles. The molecule has 2 aromatic carbocycles. The van der Waals surface area contributed by atoms with Crippen LogP contribution in [0.15, 0.2) is 60.8 Å². The van der Waals surface area contributed by atoms with Crippen LogP contribution in [-0.2, 0) is 18.1 Å². The Hall–Kier alpha value is -3.50. The van der Waals surface area contributed by atoms with E-state index in [0.29, 0.717) is 49.1 Å². The van der Waals surface area contributed by atoms with Gasteiger partial charge < -0.3 is 5.32 Å². The van der Waals surface area contributed by atoms with Gasteiger partial charge in [-0.1, -0.05) is 63.6 Å². The van der Waals surface area contributed by atoms with Crippen LogP contribution in [0.2, 0.25) is 5.02 Å². The molecule has 1 N–H and O–H groups in total. The molecule has 0 saturated carbocycles. The second kappa shape index (κ2) is 15.5. The molecule has 2 aliphatic heterocycles. The number of hydrogen-bond acceptors (Lipinski definition) is 3. The van der Waals surface area contributed by atoms with Crippen LogP contribution in [0.3, 0.4) is 0 Å². The van der Waals surface area contributed by atoms with Crippen LogP contribution in [-0.4, -0.2) is 42.1 Å². The molecule has 3 aromatic rings. The number of nitrogens with one attached hydrogen (secondary N) is 1. The average molecular weight is 637 g/mol. The summed E-state index contributed by atoms with van der Waals surface area (Å²) < 4.78 is 69.6. The maximum Gasteiger partial charge on any atom is 0.416 e. The molecule has 0 aliphatic carbocycles. The summed E-state index contributed by atoms with van der Waals surface area (Å²) in [5, 5.41) is 3.28. The van der Waals surface area contributed by atoms with E-state index in [2.05, 4.69) is 15.2 Å². The Labute approximate surface area is 260 Å². The van der Waals surface area contributed by atoms with Crippen molar-refractivity contribution in [1.82, 2.24) is 15.2 Å². The second-order valence-corrected chi connectivity index (χ2v) is 10.6. The Morgan fingerprint density at radius 1 is 1.02 bits per heavy atom. The van der Waals surface area contributed by atoms with Gasteiger partial charge in [0.1, 0.15) is 5.82 Å². The van der Waals surface area contributed by atoms with Crippen LogP contribution in [0, 0.1) is 11.8 Å². The van der Waals surface area contributed by atoms with Crippen LogP contribution in [0.1, 0.15) is 62.8 Å². The number of rotatable bonds is 5. The van der Waals surface area contributed by atoms with E-state index < -0.39 is 35.0 Å². The van der Waals surface area contributed by atoms with Gasteiger partial charge in [0.2, 0.25) is 5.95 Å². The van der Waals surface area contributed by atoms with Crippen molar-refractivity contribution in [3.8, 4) is 0 Å². The molecule has 0 atom stereocenters. The van der Waals surface area contributed by atoms with Crippen molar-refractivity contribution in [2.75, 3.05) is 31.1 Å². The summed E-state index contributed by atoms with van der Waals surface area (Å²) in [6.45, 7) is 9.79. The first-order valence-corrected chi connectivity index (χ1v) is 15.1. The molecule has 0 radical (unpaired) electrons. The van der Waals surface area contributed by atoms with E-state index in [1.807, 2.05) is 52.0 Å². The van der Waals surface area contributed by atoms with Gasteiger partial charge in [0.05, 0.1) is 11.3 Å². The van der Waals surface area contributed by atoms with E-state index in [1.54, 1.807) is 12.1 Å². The molecule has 2 aliphatic rings. The number of fused-ring (bicyclic) bond motifs is 2. The first-order valence-electron chi connectivity index (χ1n) is 14.8. The third-order valence-corrected chi connectivity index (χ3v) is 7.77. The number of nitrogens with zero attached hydrogens (tertiary/aromatic N) is 3. The Bertz CT molecular complexity index is 1420. The van der Waals surface area contributed by atoms with Crippen molar-refractivity contribution >= 4 is 29.4 Å². The van der Waals surface area contributed by atoms with Gasteiger partial charge in [-0.2, -0.15) is 17.6 Å². The maximum absolute atomic E-state index is 15.4. The number of aromatic nitrogens is 1. The van der Waals surface area contributed by atoms with Crippen molar-refractivity contribution in [1.29, 1.82) is 0 Å². The average Bonchev–Trinajstić information content (AvgIpc) is 3.34. The molecule has 2 amide bonds. The molecule has 0 bridgehead atoms. The monoisotopic (exact) mass is 636 g/mol. The predicted octanol–water partition coefficient (Wildman–Crippen LogP) is 8.86. The molecule has 238 valence electrons. The standard InChI is InChI=1S/C29H26ClF5N4O.2C2H6/c30-22-5-3-19(4-6-22)2-1-11-38-12-8-28(9-13-38)18-39(27(40)37-17-20-7-10-36-25(32)14-20)24-16-21(29(33,34)35)15-23(31)26(24)28;2*1-2/h1-7,10,14-16H,8-9,11-13,17-18H2,(H,37,40);2*1-2H3/b2-1+;;. The number of likely N-dealkylation sites (tertiary alicyclic amines) is 1. The van der Waals surface area contributed by atoms with Crippen molar-refractivity contribution in [3.05, 3.63) is 99.8 Å². The number of benzene rings is 2. The van der Waals surface area contributed by atoms with Crippen LogP contribution < -0.4 is 10.2 Å². The van der Waals surface area contributed by atoms with Crippen molar-refractivity contribution < 1.29 is 26.7 Å². The lowest BCUT2D eigenvalue weighted by atomic mass is 9.74. The number of carbonyl (C=O) groups is 1. The third kappa shape index (κ3) is 8.35. The summed E-state index contributed by atoms with van der Waals surface area (Å²) in [4.78, 5) is 20.0. The number of carbonyl (C=O) groups excluding carboxylic acids is 1. The number of halogens is 6. The predicted molar refractivity (Wildman–Crippen MR) is 166 cm³/mol. The Kier molecular flexibility index (Phi) is 12.3. The fourth-order valence-corrected chi connectivity index (χ4v) is 5.58. The van der Waals surface area contributed by atoms with Gasteiger partial charge in [-0.15, -0.1) is 0 Å². The van der Waals surface area contributed by atoms with Gasteiger partial charge in [0.15, 0.2) is 0 Å². The molecule has 5 nitrogen and oxygen atoms in total. The molecular weight excluding hydrogens is 599 g/mol. The Morgan fingerprint density at radius 3 is 2.30 bits per heavy atom. The Balaban J connectivity index is 0.00000127.